The van der Waals surface area contributed by atoms with Gasteiger partial charge in [0.1, 0.15) is 17.7 Å². The molecule has 2 bridgehead atoms. The van der Waals surface area contributed by atoms with Crippen LogP contribution in [0.25, 0.3) is 0 Å². The number of hydrogen-bond acceptors (Lipinski definition) is 6. The Morgan fingerprint density at radius 2 is 2.13 bits per heavy atom. The molecule has 0 radical (unpaired) electrons. The molecule has 5 rings (SSSR count). The van der Waals surface area contributed by atoms with Gasteiger partial charge in [-0.3, -0.25) is 14.2 Å². The Labute approximate surface area is 178 Å². The zero-order chi connectivity index (χ0) is 20.7. The molecule has 0 aromatic carbocycles. The van der Waals surface area contributed by atoms with E-state index in [9.17, 15) is 9.59 Å². The number of nitrogens with one attached hydrogen (secondary N) is 1. The Bertz CT molecular complexity index is 1130. The average molecular weight is 422 g/mol. The van der Waals surface area contributed by atoms with E-state index in [2.05, 4.69) is 20.2 Å². The highest BCUT2D eigenvalue weighted by Crippen LogP contribution is 2.42. The minimum Gasteiger partial charge on any atom is -0.355 e. The van der Waals surface area contributed by atoms with E-state index in [4.69, 9.17) is 0 Å². The van der Waals surface area contributed by atoms with Gasteiger partial charge in [-0.05, 0) is 36.9 Å². The van der Waals surface area contributed by atoms with Crippen molar-refractivity contribution in [3.8, 4) is 0 Å². The molecule has 2 aliphatic heterocycles. The Balaban J connectivity index is 1.49. The lowest BCUT2D eigenvalue weighted by molar-refractivity contribution is -0.127. The Morgan fingerprint density at radius 3 is 2.93 bits per heavy atom. The molecule has 3 atom stereocenters. The van der Waals surface area contributed by atoms with E-state index in [0.29, 0.717) is 13.1 Å². The topological polar surface area (TPSA) is 80.1 Å². The molecule has 154 valence electrons. The van der Waals surface area contributed by atoms with Gasteiger partial charge in [-0.15, -0.1) is 11.3 Å². The van der Waals surface area contributed by atoms with Crippen LogP contribution in [0.1, 0.15) is 34.8 Å². The summed E-state index contributed by atoms with van der Waals surface area (Å²) in [4.78, 5) is 38.2. The maximum absolute atomic E-state index is 13.3. The van der Waals surface area contributed by atoms with E-state index >= 15 is 0 Å². The van der Waals surface area contributed by atoms with Crippen LogP contribution in [0.5, 0.6) is 0 Å². The van der Waals surface area contributed by atoms with Gasteiger partial charge in [0.2, 0.25) is 5.91 Å². The van der Waals surface area contributed by atoms with Crippen molar-refractivity contribution < 1.29 is 4.79 Å². The van der Waals surface area contributed by atoms with Gasteiger partial charge in [0.25, 0.3) is 5.56 Å². The zero-order valence-electron chi connectivity index (χ0n) is 16.7. The number of rotatable bonds is 4. The lowest BCUT2D eigenvalue weighted by atomic mass is 9.78. The van der Waals surface area contributed by atoms with E-state index in [1.54, 1.807) is 34.2 Å². The molecule has 1 N–H and O–H groups in total. The Kier molecular flexibility index (Phi) is 4.86. The van der Waals surface area contributed by atoms with Gasteiger partial charge in [0, 0.05) is 47.8 Å². The minimum absolute atomic E-state index is 0.0370. The third-order valence-electron chi connectivity index (χ3n) is 6.02. The van der Waals surface area contributed by atoms with Gasteiger partial charge in [-0.2, -0.15) is 0 Å². The van der Waals surface area contributed by atoms with Gasteiger partial charge in [0.15, 0.2) is 0 Å². The number of carbonyl (C=O) groups excluding carboxylic acids is 1. The predicted octanol–water partition coefficient (Wildman–Crippen LogP) is 2.49. The van der Waals surface area contributed by atoms with E-state index < -0.39 is 6.04 Å². The summed E-state index contributed by atoms with van der Waals surface area (Å²) in [5.41, 5.74) is 0.829. The van der Waals surface area contributed by atoms with Crippen LogP contribution in [0.3, 0.4) is 0 Å². The third-order valence-corrected chi connectivity index (χ3v) is 6.89. The maximum atomic E-state index is 13.3. The van der Waals surface area contributed by atoms with Gasteiger partial charge in [-0.1, -0.05) is 12.1 Å². The molecule has 7 nitrogen and oxygen atoms in total. The fourth-order valence-corrected chi connectivity index (χ4v) is 5.41. The molecule has 1 saturated heterocycles. The van der Waals surface area contributed by atoms with Crippen molar-refractivity contribution in [3.05, 3.63) is 74.7 Å². The summed E-state index contributed by atoms with van der Waals surface area (Å²) in [5, 5.41) is 5.05. The monoisotopic (exact) mass is 421 g/mol. The molecule has 0 saturated carbocycles. The first-order valence-corrected chi connectivity index (χ1v) is 11.0. The molecular weight excluding hydrogens is 398 g/mol. The number of aromatic nitrogens is 3. The number of carbonyl (C=O) groups is 1. The smallest absolute Gasteiger partial charge is 0.251 e. The quantitative estimate of drug-likeness (QED) is 0.700. The van der Waals surface area contributed by atoms with E-state index in [1.807, 2.05) is 36.6 Å². The van der Waals surface area contributed by atoms with Crippen LogP contribution in [-0.2, 0) is 11.3 Å². The summed E-state index contributed by atoms with van der Waals surface area (Å²) >= 11 is 1.61. The number of nitrogens with zero attached hydrogens (tertiary/aromatic N) is 4. The van der Waals surface area contributed by atoms with Crippen molar-refractivity contribution in [1.82, 2.24) is 19.9 Å². The van der Waals surface area contributed by atoms with Crippen LogP contribution in [0.15, 0.2) is 52.8 Å². The van der Waals surface area contributed by atoms with Crippen LogP contribution >= 0.6 is 11.3 Å². The van der Waals surface area contributed by atoms with Crippen molar-refractivity contribution in [3.63, 3.8) is 0 Å². The maximum Gasteiger partial charge on any atom is 0.251 e. The number of aryl methyl sites for hydroxylation is 1. The van der Waals surface area contributed by atoms with Crippen molar-refractivity contribution in [1.29, 1.82) is 0 Å². The van der Waals surface area contributed by atoms with Crippen LogP contribution in [0.2, 0.25) is 0 Å². The van der Waals surface area contributed by atoms with Gasteiger partial charge < -0.3 is 10.2 Å². The second-order valence-corrected chi connectivity index (χ2v) is 8.99. The number of piperidine rings is 1. The summed E-state index contributed by atoms with van der Waals surface area (Å²) in [6, 6.07) is 10.7. The molecule has 0 spiro atoms. The zero-order valence-corrected chi connectivity index (χ0v) is 17.5. The van der Waals surface area contributed by atoms with Crippen molar-refractivity contribution >= 4 is 23.1 Å². The third kappa shape index (κ3) is 3.41. The van der Waals surface area contributed by atoms with Gasteiger partial charge >= 0.3 is 0 Å². The lowest BCUT2D eigenvalue weighted by Crippen LogP contribution is -2.53. The normalized spacial score (nSPS) is 22.4. The highest BCUT2D eigenvalue weighted by Gasteiger charge is 2.44. The highest BCUT2D eigenvalue weighted by molar-refractivity contribution is 7.09. The molecule has 1 fully saturated rings. The van der Waals surface area contributed by atoms with E-state index in [-0.39, 0.29) is 23.3 Å². The van der Waals surface area contributed by atoms with Crippen LogP contribution in [-0.4, -0.2) is 33.5 Å². The highest BCUT2D eigenvalue weighted by atomic mass is 32.1. The van der Waals surface area contributed by atoms with Crippen LogP contribution in [0.4, 0.5) is 5.82 Å². The molecule has 30 heavy (non-hydrogen) atoms. The molecule has 1 amide bonds. The minimum atomic E-state index is -0.518. The number of pyridine rings is 1. The molecule has 5 heterocycles. The first kappa shape index (κ1) is 19.0. The van der Waals surface area contributed by atoms with E-state index in [0.717, 1.165) is 35.2 Å². The standard InChI is InChI=1S/C22H23N5O2S/c1-14-23-8-7-19(25-14)26-12-15-10-16(13-26)21(27-18(15)5-2-6-20(27)28)22(29)24-11-17-4-3-9-30-17/h2-9,15-16,21H,10-13H2,1H3,(H,24,29)/t15-,16+,21-/m1/s1. The van der Waals surface area contributed by atoms with E-state index in [1.165, 1.54) is 0 Å². The molecule has 8 heteroatoms. The molecule has 0 aliphatic carbocycles. The van der Waals surface area contributed by atoms with Crippen molar-refractivity contribution in [2.75, 3.05) is 18.0 Å². The summed E-state index contributed by atoms with van der Waals surface area (Å²) in [7, 11) is 0. The van der Waals surface area contributed by atoms with Crippen molar-refractivity contribution in [2.24, 2.45) is 5.92 Å². The largest absolute Gasteiger partial charge is 0.355 e. The van der Waals surface area contributed by atoms with Crippen molar-refractivity contribution in [2.45, 2.75) is 31.8 Å². The number of amides is 1. The van der Waals surface area contributed by atoms with Gasteiger partial charge in [0.05, 0.1) is 6.54 Å². The summed E-state index contributed by atoms with van der Waals surface area (Å²) in [5.74, 6) is 1.73. The van der Waals surface area contributed by atoms with Gasteiger partial charge in [-0.25, -0.2) is 9.97 Å². The SMILES string of the molecule is Cc1nccc(N2C[C@H]3C[C@@H](C2)[C@H](C(=O)NCc2cccs2)n2c3cccc2=O)n1. The second kappa shape index (κ2) is 7.68. The molecular formula is C22H23N5O2S. The predicted molar refractivity (Wildman–Crippen MR) is 116 cm³/mol. The first-order chi connectivity index (χ1) is 14.6. The Hall–Kier alpha value is -3.00. The fourth-order valence-electron chi connectivity index (χ4n) is 4.77. The number of fused-ring (bicyclic) bond motifs is 4. The second-order valence-electron chi connectivity index (χ2n) is 7.96. The average Bonchev–Trinajstić information content (AvgIpc) is 3.26. The molecule has 0 unspecified atom stereocenters. The molecule has 3 aromatic rings. The summed E-state index contributed by atoms with van der Waals surface area (Å²) in [6.45, 7) is 3.82. The summed E-state index contributed by atoms with van der Waals surface area (Å²) in [6.07, 6.45) is 2.66. The number of thiophene rings is 1. The molecule has 2 aliphatic rings. The molecule has 3 aromatic heterocycles. The van der Waals surface area contributed by atoms with Crippen LogP contribution < -0.4 is 15.8 Å². The fraction of sp³-hybridized carbons (Fsp3) is 0.364. The Morgan fingerprint density at radius 1 is 1.23 bits per heavy atom. The van der Waals surface area contributed by atoms with Crippen LogP contribution in [0, 0.1) is 12.8 Å². The summed E-state index contributed by atoms with van der Waals surface area (Å²) < 4.78 is 1.73. The number of hydrogen-bond donors (Lipinski definition) is 1. The lowest BCUT2D eigenvalue weighted by Gasteiger charge is -2.46. The first-order valence-electron chi connectivity index (χ1n) is 10.2. The number of anilines is 1.